The molecule has 1 aromatic carbocycles. The summed E-state index contributed by atoms with van der Waals surface area (Å²) in [5, 5.41) is 11.9. The first kappa shape index (κ1) is 12.0. The predicted octanol–water partition coefficient (Wildman–Crippen LogP) is 2.46. The minimum atomic E-state index is -1.05. The smallest absolute Gasteiger partial charge is 0.330 e. The van der Waals surface area contributed by atoms with Gasteiger partial charge in [-0.3, -0.25) is 4.98 Å². The van der Waals surface area contributed by atoms with E-state index in [0.717, 1.165) is 0 Å². The number of halogens is 1. The standard InChI is InChI=1S/C13H11FN2O2/c14-10-4-1-5-11(7-10)16-12(13(17)18)9-3-2-6-15-8-9/h1-8,12,16H,(H,17,18). The number of hydrogen-bond donors (Lipinski definition) is 2. The number of carbonyl (C=O) groups is 1. The van der Waals surface area contributed by atoms with Crippen LogP contribution in [-0.2, 0) is 4.79 Å². The third-order valence-corrected chi connectivity index (χ3v) is 2.40. The highest BCUT2D eigenvalue weighted by Crippen LogP contribution is 2.19. The fraction of sp³-hybridized carbons (Fsp3) is 0.0769. The number of aromatic nitrogens is 1. The largest absolute Gasteiger partial charge is 0.479 e. The summed E-state index contributed by atoms with van der Waals surface area (Å²) in [6.45, 7) is 0. The summed E-state index contributed by atoms with van der Waals surface area (Å²) in [4.78, 5) is 15.1. The number of carboxylic acid groups (broad SMARTS) is 1. The average molecular weight is 246 g/mol. The Bertz CT molecular complexity index is 546. The molecule has 1 heterocycles. The molecule has 4 nitrogen and oxygen atoms in total. The Balaban J connectivity index is 2.25. The lowest BCUT2D eigenvalue weighted by molar-refractivity contribution is -0.138. The van der Waals surface area contributed by atoms with Crippen LogP contribution in [0.1, 0.15) is 11.6 Å². The normalized spacial score (nSPS) is 11.8. The lowest BCUT2D eigenvalue weighted by Crippen LogP contribution is -2.20. The SMILES string of the molecule is O=C(O)C(Nc1cccc(F)c1)c1cccnc1. The van der Waals surface area contributed by atoms with Gasteiger partial charge in [0.15, 0.2) is 6.04 Å². The molecular formula is C13H11FN2O2. The molecule has 1 aromatic heterocycles. The van der Waals surface area contributed by atoms with Crippen LogP contribution in [-0.4, -0.2) is 16.1 Å². The van der Waals surface area contributed by atoms with Crippen molar-refractivity contribution in [1.29, 1.82) is 0 Å². The number of benzene rings is 1. The monoisotopic (exact) mass is 246 g/mol. The first-order valence-electron chi connectivity index (χ1n) is 5.31. The van der Waals surface area contributed by atoms with E-state index >= 15 is 0 Å². The van der Waals surface area contributed by atoms with E-state index in [2.05, 4.69) is 10.3 Å². The van der Waals surface area contributed by atoms with Gasteiger partial charge in [0.25, 0.3) is 0 Å². The number of nitrogens with zero attached hydrogens (tertiary/aromatic N) is 1. The van der Waals surface area contributed by atoms with Gasteiger partial charge in [0.05, 0.1) is 0 Å². The second-order valence-electron chi connectivity index (χ2n) is 3.71. The second-order valence-corrected chi connectivity index (χ2v) is 3.71. The van der Waals surface area contributed by atoms with E-state index in [-0.39, 0.29) is 0 Å². The van der Waals surface area contributed by atoms with Crippen molar-refractivity contribution in [3.8, 4) is 0 Å². The molecule has 0 radical (unpaired) electrons. The fourth-order valence-corrected chi connectivity index (χ4v) is 1.58. The van der Waals surface area contributed by atoms with Crippen LogP contribution in [0.4, 0.5) is 10.1 Å². The van der Waals surface area contributed by atoms with Crippen LogP contribution in [0.3, 0.4) is 0 Å². The number of rotatable bonds is 4. The van der Waals surface area contributed by atoms with Gasteiger partial charge in [0.1, 0.15) is 5.82 Å². The van der Waals surface area contributed by atoms with Gasteiger partial charge < -0.3 is 10.4 Å². The van der Waals surface area contributed by atoms with Gasteiger partial charge in [-0.2, -0.15) is 0 Å². The number of aliphatic carboxylic acids is 1. The molecule has 2 N–H and O–H groups in total. The number of hydrogen-bond acceptors (Lipinski definition) is 3. The Hall–Kier alpha value is -2.43. The molecule has 0 bridgehead atoms. The third-order valence-electron chi connectivity index (χ3n) is 2.40. The number of pyridine rings is 1. The van der Waals surface area contributed by atoms with E-state index < -0.39 is 17.8 Å². The molecule has 0 aliphatic heterocycles. The summed E-state index contributed by atoms with van der Waals surface area (Å²) in [5.41, 5.74) is 0.917. The lowest BCUT2D eigenvalue weighted by atomic mass is 10.1. The predicted molar refractivity (Wildman–Crippen MR) is 64.6 cm³/mol. The summed E-state index contributed by atoms with van der Waals surface area (Å²) >= 11 is 0. The quantitative estimate of drug-likeness (QED) is 0.869. The van der Waals surface area contributed by atoms with Crippen molar-refractivity contribution < 1.29 is 14.3 Å². The van der Waals surface area contributed by atoms with Crippen LogP contribution in [0.15, 0.2) is 48.8 Å². The Morgan fingerprint density at radius 2 is 2.17 bits per heavy atom. The van der Waals surface area contributed by atoms with Crippen molar-refractivity contribution in [2.75, 3.05) is 5.32 Å². The van der Waals surface area contributed by atoms with Gasteiger partial charge in [0, 0.05) is 23.6 Å². The average Bonchev–Trinajstić information content (AvgIpc) is 2.37. The van der Waals surface area contributed by atoms with Crippen molar-refractivity contribution in [3.63, 3.8) is 0 Å². The highest BCUT2D eigenvalue weighted by Gasteiger charge is 2.19. The van der Waals surface area contributed by atoms with E-state index in [4.69, 9.17) is 0 Å². The van der Waals surface area contributed by atoms with Gasteiger partial charge in [-0.1, -0.05) is 12.1 Å². The molecular weight excluding hydrogens is 235 g/mol. The van der Waals surface area contributed by atoms with Gasteiger partial charge >= 0.3 is 5.97 Å². The van der Waals surface area contributed by atoms with E-state index in [1.54, 1.807) is 24.4 Å². The maximum Gasteiger partial charge on any atom is 0.330 e. The van der Waals surface area contributed by atoms with Crippen LogP contribution in [0.25, 0.3) is 0 Å². The summed E-state index contributed by atoms with van der Waals surface area (Å²) in [5.74, 6) is -1.47. The zero-order valence-electron chi connectivity index (χ0n) is 9.38. The first-order chi connectivity index (χ1) is 8.66. The summed E-state index contributed by atoms with van der Waals surface area (Å²) in [6, 6.07) is 8.00. The van der Waals surface area contributed by atoms with Crippen LogP contribution < -0.4 is 5.32 Å². The lowest BCUT2D eigenvalue weighted by Gasteiger charge is -2.15. The maximum atomic E-state index is 13.0. The van der Waals surface area contributed by atoms with Crippen LogP contribution in [0.2, 0.25) is 0 Å². The van der Waals surface area contributed by atoms with Gasteiger partial charge in [-0.05, 0) is 24.3 Å². The van der Waals surface area contributed by atoms with Gasteiger partial charge in [-0.15, -0.1) is 0 Å². The molecule has 18 heavy (non-hydrogen) atoms. The molecule has 1 unspecified atom stereocenters. The first-order valence-corrected chi connectivity index (χ1v) is 5.31. The molecule has 0 saturated heterocycles. The van der Waals surface area contributed by atoms with E-state index in [1.807, 2.05) is 0 Å². The second kappa shape index (κ2) is 5.27. The van der Waals surface area contributed by atoms with Crippen molar-refractivity contribution in [2.45, 2.75) is 6.04 Å². The highest BCUT2D eigenvalue weighted by atomic mass is 19.1. The van der Waals surface area contributed by atoms with E-state index in [0.29, 0.717) is 11.3 Å². The minimum absolute atomic E-state index is 0.409. The zero-order chi connectivity index (χ0) is 13.0. The van der Waals surface area contributed by atoms with E-state index in [9.17, 15) is 14.3 Å². The van der Waals surface area contributed by atoms with Crippen molar-refractivity contribution in [2.24, 2.45) is 0 Å². The zero-order valence-corrected chi connectivity index (χ0v) is 9.38. The fourth-order valence-electron chi connectivity index (χ4n) is 1.58. The molecule has 5 heteroatoms. The van der Waals surface area contributed by atoms with Crippen molar-refractivity contribution in [1.82, 2.24) is 4.98 Å². The Morgan fingerprint density at radius 3 is 2.78 bits per heavy atom. The number of anilines is 1. The molecule has 2 rings (SSSR count). The van der Waals surface area contributed by atoms with Crippen LogP contribution in [0, 0.1) is 5.82 Å². The maximum absolute atomic E-state index is 13.0. The van der Waals surface area contributed by atoms with E-state index in [1.165, 1.54) is 24.4 Å². The third kappa shape index (κ3) is 2.82. The van der Waals surface area contributed by atoms with Crippen LogP contribution in [0.5, 0.6) is 0 Å². The molecule has 0 spiro atoms. The summed E-state index contributed by atoms with van der Waals surface area (Å²) < 4.78 is 13.0. The molecule has 0 fully saturated rings. The molecule has 0 aliphatic rings. The molecule has 0 amide bonds. The van der Waals surface area contributed by atoms with Crippen LogP contribution >= 0.6 is 0 Å². The molecule has 92 valence electrons. The van der Waals surface area contributed by atoms with Gasteiger partial charge in [0.2, 0.25) is 0 Å². The highest BCUT2D eigenvalue weighted by molar-refractivity contribution is 5.79. The summed E-state index contributed by atoms with van der Waals surface area (Å²) in [6.07, 6.45) is 3.02. The van der Waals surface area contributed by atoms with Crippen molar-refractivity contribution in [3.05, 3.63) is 60.2 Å². The number of carboxylic acids is 1. The summed E-state index contributed by atoms with van der Waals surface area (Å²) in [7, 11) is 0. The molecule has 2 aromatic rings. The number of nitrogens with one attached hydrogen (secondary N) is 1. The molecule has 0 saturated carbocycles. The molecule has 1 atom stereocenters. The van der Waals surface area contributed by atoms with Crippen molar-refractivity contribution >= 4 is 11.7 Å². The Labute approximate surface area is 103 Å². The van der Waals surface area contributed by atoms with Gasteiger partial charge in [-0.25, -0.2) is 9.18 Å². The molecule has 0 aliphatic carbocycles. The minimum Gasteiger partial charge on any atom is -0.479 e. The Morgan fingerprint density at radius 1 is 1.33 bits per heavy atom. The Kier molecular flexibility index (Phi) is 3.52. The topological polar surface area (TPSA) is 62.2 Å².